The average molecular weight is 288 g/mol. The van der Waals surface area contributed by atoms with Crippen LogP contribution in [0.2, 0.25) is 0 Å². The summed E-state index contributed by atoms with van der Waals surface area (Å²) in [7, 11) is 0. The summed E-state index contributed by atoms with van der Waals surface area (Å²) in [6.07, 6.45) is 4.98. The summed E-state index contributed by atoms with van der Waals surface area (Å²) in [6, 6.07) is 10.7. The van der Waals surface area contributed by atoms with Gasteiger partial charge >= 0.3 is 0 Å². The molecule has 21 heavy (non-hydrogen) atoms. The fraction of sp³-hybridized carbons (Fsp3) is 0.611. The number of hydrogen-bond acceptors (Lipinski definition) is 2. The Bertz CT molecular complexity index is 441. The molecule has 3 nitrogen and oxygen atoms in total. The molecule has 0 heterocycles. The number of benzene rings is 1. The van der Waals surface area contributed by atoms with Gasteiger partial charge in [0.15, 0.2) is 0 Å². The molecule has 0 aliphatic heterocycles. The minimum Gasteiger partial charge on any atom is -0.352 e. The van der Waals surface area contributed by atoms with Crippen molar-refractivity contribution in [2.45, 2.75) is 52.0 Å². The third kappa shape index (κ3) is 3.85. The maximum atomic E-state index is 12.7. The van der Waals surface area contributed by atoms with Gasteiger partial charge in [-0.25, -0.2) is 0 Å². The predicted octanol–water partition coefficient (Wildman–Crippen LogP) is 2.89. The molecule has 0 spiro atoms. The molecule has 3 N–H and O–H groups in total. The van der Waals surface area contributed by atoms with E-state index in [4.69, 9.17) is 5.73 Å². The highest BCUT2D eigenvalue weighted by Gasteiger charge is 2.38. The van der Waals surface area contributed by atoms with Crippen LogP contribution in [0.25, 0.3) is 0 Å². The summed E-state index contributed by atoms with van der Waals surface area (Å²) in [5, 5.41) is 3.30. The lowest BCUT2D eigenvalue weighted by Crippen LogP contribution is -2.50. The van der Waals surface area contributed by atoms with Crippen LogP contribution in [0.1, 0.15) is 45.1 Å². The monoisotopic (exact) mass is 288 g/mol. The van der Waals surface area contributed by atoms with Gasteiger partial charge in [-0.1, -0.05) is 44.2 Å². The maximum Gasteiger partial charge on any atom is 0.227 e. The van der Waals surface area contributed by atoms with Crippen LogP contribution in [-0.4, -0.2) is 18.5 Å². The average Bonchev–Trinajstić information content (AvgIpc) is 3.35. The lowest BCUT2D eigenvalue weighted by molar-refractivity contribution is -0.132. The molecule has 1 atom stereocenters. The van der Waals surface area contributed by atoms with E-state index in [0.29, 0.717) is 12.5 Å². The topological polar surface area (TPSA) is 55.1 Å². The number of rotatable bonds is 8. The Hall–Kier alpha value is -1.35. The highest BCUT2D eigenvalue weighted by Crippen LogP contribution is 2.35. The van der Waals surface area contributed by atoms with Gasteiger partial charge in [-0.15, -0.1) is 0 Å². The first-order chi connectivity index (χ1) is 10.1. The maximum absolute atomic E-state index is 12.7. The molecular formula is C18H28N2O. The molecule has 0 bridgehead atoms. The van der Waals surface area contributed by atoms with Crippen molar-refractivity contribution in [3.8, 4) is 0 Å². The van der Waals surface area contributed by atoms with Crippen molar-refractivity contribution >= 4 is 5.91 Å². The number of carbonyl (C=O) groups excluding carboxylic acids is 1. The molecule has 1 saturated carbocycles. The number of hydrogen-bond donors (Lipinski definition) is 2. The highest BCUT2D eigenvalue weighted by atomic mass is 16.2. The molecule has 1 aromatic carbocycles. The summed E-state index contributed by atoms with van der Waals surface area (Å²) in [6.45, 7) is 4.53. The van der Waals surface area contributed by atoms with E-state index < -0.39 is 5.41 Å². The zero-order valence-electron chi connectivity index (χ0n) is 13.3. The highest BCUT2D eigenvalue weighted by molar-refractivity contribution is 5.83. The van der Waals surface area contributed by atoms with Gasteiger partial charge in [-0.05, 0) is 43.6 Å². The molecule has 1 aromatic rings. The first-order valence-corrected chi connectivity index (χ1v) is 8.20. The van der Waals surface area contributed by atoms with Crippen molar-refractivity contribution < 1.29 is 4.79 Å². The number of carbonyl (C=O) groups is 1. The summed E-state index contributed by atoms with van der Waals surface area (Å²) in [4.78, 5) is 12.7. The van der Waals surface area contributed by atoms with Crippen molar-refractivity contribution in [2.24, 2.45) is 17.1 Å². The fourth-order valence-electron chi connectivity index (χ4n) is 2.98. The van der Waals surface area contributed by atoms with Gasteiger partial charge in [0.1, 0.15) is 0 Å². The smallest absolute Gasteiger partial charge is 0.227 e. The third-order valence-corrected chi connectivity index (χ3v) is 5.03. The third-order valence-electron chi connectivity index (χ3n) is 5.03. The number of nitrogens with one attached hydrogen (secondary N) is 1. The molecule has 1 amide bonds. The van der Waals surface area contributed by atoms with Gasteiger partial charge in [0.25, 0.3) is 0 Å². The molecule has 2 rings (SSSR count). The quantitative estimate of drug-likeness (QED) is 0.773. The zero-order chi connectivity index (χ0) is 15.3. The van der Waals surface area contributed by atoms with E-state index >= 15 is 0 Å². The predicted molar refractivity (Wildman–Crippen MR) is 86.9 cm³/mol. The van der Waals surface area contributed by atoms with Crippen molar-refractivity contribution in [2.75, 3.05) is 6.54 Å². The van der Waals surface area contributed by atoms with E-state index in [9.17, 15) is 4.79 Å². The van der Waals surface area contributed by atoms with Crippen molar-refractivity contribution in [3.05, 3.63) is 35.9 Å². The Morgan fingerprint density at radius 3 is 2.38 bits per heavy atom. The molecule has 0 radical (unpaired) electrons. The molecule has 1 aliphatic rings. The van der Waals surface area contributed by atoms with E-state index in [1.54, 1.807) is 0 Å². The standard InChI is InChI=1S/C18H28N2O/c1-3-18(4-2,13-19)17(21)20-16(15-10-11-15)12-14-8-6-5-7-9-14/h5-9,15-16H,3-4,10-13,19H2,1-2H3,(H,20,21). The van der Waals surface area contributed by atoms with Crippen LogP contribution >= 0.6 is 0 Å². The minimum absolute atomic E-state index is 0.142. The van der Waals surface area contributed by atoms with Gasteiger partial charge in [-0.2, -0.15) is 0 Å². The molecule has 116 valence electrons. The van der Waals surface area contributed by atoms with E-state index in [1.807, 2.05) is 6.07 Å². The molecular weight excluding hydrogens is 260 g/mol. The summed E-state index contributed by atoms with van der Waals surface area (Å²) in [5.74, 6) is 0.779. The second-order valence-electron chi connectivity index (χ2n) is 6.30. The van der Waals surface area contributed by atoms with Crippen LogP contribution in [-0.2, 0) is 11.2 Å². The lowest BCUT2D eigenvalue weighted by atomic mass is 9.81. The van der Waals surface area contributed by atoms with Gasteiger partial charge < -0.3 is 11.1 Å². The van der Waals surface area contributed by atoms with Crippen molar-refractivity contribution in [1.29, 1.82) is 0 Å². The normalized spacial score (nSPS) is 16.5. The van der Waals surface area contributed by atoms with Crippen LogP contribution in [0.5, 0.6) is 0 Å². The second-order valence-corrected chi connectivity index (χ2v) is 6.30. The lowest BCUT2D eigenvalue weighted by Gasteiger charge is -2.31. The Labute approximate surface area is 128 Å². The Kier molecular flexibility index (Phi) is 5.40. The fourth-order valence-corrected chi connectivity index (χ4v) is 2.98. The number of nitrogens with two attached hydrogens (primary N) is 1. The van der Waals surface area contributed by atoms with Crippen LogP contribution in [0, 0.1) is 11.3 Å². The van der Waals surface area contributed by atoms with Crippen LogP contribution < -0.4 is 11.1 Å². The first kappa shape index (κ1) is 16.0. The van der Waals surface area contributed by atoms with Crippen LogP contribution in [0.4, 0.5) is 0 Å². The van der Waals surface area contributed by atoms with E-state index in [1.165, 1.54) is 18.4 Å². The van der Waals surface area contributed by atoms with E-state index in [-0.39, 0.29) is 11.9 Å². The largest absolute Gasteiger partial charge is 0.352 e. The van der Waals surface area contributed by atoms with Gasteiger partial charge in [0, 0.05) is 12.6 Å². The Balaban J connectivity index is 2.04. The SMILES string of the molecule is CCC(CC)(CN)C(=O)NC(Cc1ccccc1)C1CC1. The summed E-state index contributed by atoms with van der Waals surface area (Å²) < 4.78 is 0. The second kappa shape index (κ2) is 7.08. The summed E-state index contributed by atoms with van der Waals surface area (Å²) >= 11 is 0. The zero-order valence-corrected chi connectivity index (χ0v) is 13.3. The molecule has 0 aromatic heterocycles. The van der Waals surface area contributed by atoms with Crippen molar-refractivity contribution in [3.63, 3.8) is 0 Å². The molecule has 1 aliphatic carbocycles. The van der Waals surface area contributed by atoms with Crippen molar-refractivity contribution in [1.82, 2.24) is 5.32 Å². The Morgan fingerprint density at radius 2 is 1.90 bits per heavy atom. The molecule has 1 fully saturated rings. The van der Waals surface area contributed by atoms with Crippen LogP contribution in [0.3, 0.4) is 0 Å². The molecule has 3 heteroatoms. The molecule has 0 saturated heterocycles. The number of amides is 1. The van der Waals surface area contributed by atoms with Crippen LogP contribution in [0.15, 0.2) is 30.3 Å². The minimum atomic E-state index is -0.399. The van der Waals surface area contributed by atoms with E-state index in [0.717, 1.165) is 19.3 Å². The Morgan fingerprint density at radius 1 is 1.29 bits per heavy atom. The summed E-state index contributed by atoms with van der Waals surface area (Å²) in [5.41, 5.74) is 6.78. The van der Waals surface area contributed by atoms with Gasteiger partial charge in [0.2, 0.25) is 5.91 Å². The first-order valence-electron chi connectivity index (χ1n) is 8.20. The molecule has 1 unspecified atom stereocenters. The van der Waals surface area contributed by atoms with Gasteiger partial charge in [0.05, 0.1) is 5.41 Å². The van der Waals surface area contributed by atoms with Gasteiger partial charge in [-0.3, -0.25) is 4.79 Å². The van der Waals surface area contributed by atoms with E-state index in [2.05, 4.69) is 43.4 Å².